The number of hydrogen-bond acceptors (Lipinski definition) is 13. The van der Waals surface area contributed by atoms with Gasteiger partial charge in [0.25, 0.3) is 5.91 Å². The van der Waals surface area contributed by atoms with E-state index in [2.05, 4.69) is 26.1 Å². The summed E-state index contributed by atoms with van der Waals surface area (Å²) in [4.78, 5) is 75.5. The van der Waals surface area contributed by atoms with Gasteiger partial charge in [-0.25, -0.2) is 10.4 Å². The van der Waals surface area contributed by atoms with Gasteiger partial charge in [0.05, 0.1) is 41.0 Å². The second-order valence-corrected chi connectivity index (χ2v) is 20.9. The molecule has 0 spiro atoms. The van der Waals surface area contributed by atoms with Crippen LogP contribution in [0.4, 0.5) is 0 Å². The second kappa shape index (κ2) is 22.4. The Labute approximate surface area is 430 Å². The van der Waals surface area contributed by atoms with E-state index in [0.717, 1.165) is 32.0 Å². The molecule has 0 radical (unpaired) electrons. The van der Waals surface area contributed by atoms with Crippen molar-refractivity contribution in [2.45, 2.75) is 78.1 Å². The van der Waals surface area contributed by atoms with E-state index < -0.39 is 35.4 Å². The number of likely N-dealkylation sites (tertiary alicyclic amines) is 1. The lowest BCUT2D eigenvalue weighted by molar-refractivity contribution is -0.144. The van der Waals surface area contributed by atoms with E-state index >= 15 is 0 Å². The molecule has 1 aliphatic rings. The summed E-state index contributed by atoms with van der Waals surface area (Å²) in [6.45, 7) is 9.54. The summed E-state index contributed by atoms with van der Waals surface area (Å²) in [5.74, 6) is -1.17. The molecule has 1 fully saturated rings. The maximum atomic E-state index is 14.1. The normalized spacial score (nSPS) is 15.5. The Kier molecular flexibility index (Phi) is 15.8. The Balaban J connectivity index is 0.790. The number of fused-ring (bicyclic) bond motifs is 1. The quantitative estimate of drug-likeness (QED) is 0.0220. The number of carbonyl (C=O) groups is 5. The number of ketones is 1. The van der Waals surface area contributed by atoms with Crippen LogP contribution in [0.2, 0.25) is 0 Å². The third-order valence-electron chi connectivity index (χ3n) is 12.6. The van der Waals surface area contributed by atoms with Gasteiger partial charge in [0.2, 0.25) is 17.7 Å². The Morgan fingerprint density at radius 2 is 1.51 bits per heavy atom. The first-order chi connectivity index (χ1) is 34.9. The topological polar surface area (TPSA) is 220 Å². The molecular weight excluding hydrogens is 965 g/mol. The van der Waals surface area contributed by atoms with Crippen LogP contribution in [0.15, 0.2) is 126 Å². The van der Waals surface area contributed by atoms with Crippen LogP contribution in [0.1, 0.15) is 96.1 Å². The van der Waals surface area contributed by atoms with Crippen molar-refractivity contribution in [1.29, 1.82) is 0 Å². The number of aliphatic hydroxyl groups is 1. The zero-order valence-corrected chi connectivity index (χ0v) is 42.6. The smallest absolute Gasteiger partial charge is 0.271 e. The minimum Gasteiger partial charge on any atom is -0.508 e. The molecule has 1 saturated heterocycles. The summed E-state index contributed by atoms with van der Waals surface area (Å²) >= 11 is 2.93. The number of nitrogens with one attached hydrogen (secondary N) is 3. The van der Waals surface area contributed by atoms with Crippen molar-refractivity contribution in [2.75, 3.05) is 13.2 Å². The van der Waals surface area contributed by atoms with Crippen LogP contribution in [0.5, 0.6) is 17.2 Å². The lowest BCUT2D eigenvalue weighted by Gasteiger charge is -2.35. The number of hydrazone groups is 1. The van der Waals surface area contributed by atoms with Crippen molar-refractivity contribution >= 4 is 68.4 Å². The van der Waals surface area contributed by atoms with Gasteiger partial charge in [-0.05, 0) is 127 Å². The molecular formula is C56H56N6O9S2. The van der Waals surface area contributed by atoms with Crippen LogP contribution in [-0.4, -0.2) is 92.2 Å². The number of aliphatic hydroxyl groups excluding tert-OH is 1. The van der Waals surface area contributed by atoms with Crippen LogP contribution in [-0.2, 0) is 14.4 Å². The third-order valence-corrected chi connectivity index (χ3v) is 14.8. The lowest BCUT2D eigenvalue weighted by Crippen LogP contribution is -2.57. The molecule has 7 aromatic rings. The van der Waals surface area contributed by atoms with Gasteiger partial charge in [-0.3, -0.25) is 24.0 Å². The number of nitrogens with zero attached hydrogens (tertiary/aromatic N) is 3. The number of thiophene rings is 1. The predicted molar refractivity (Wildman–Crippen MR) is 283 cm³/mol. The van der Waals surface area contributed by atoms with Crippen molar-refractivity contribution in [2.24, 2.45) is 10.5 Å². The van der Waals surface area contributed by atoms with Crippen molar-refractivity contribution in [3.05, 3.63) is 154 Å². The molecule has 0 bridgehead atoms. The van der Waals surface area contributed by atoms with E-state index in [1.54, 1.807) is 96.3 Å². The van der Waals surface area contributed by atoms with Crippen LogP contribution < -0.4 is 20.8 Å². The number of aromatic nitrogens is 1. The number of thiazole rings is 1. The molecule has 4 unspecified atom stereocenters. The molecule has 3 heterocycles. The standard InChI is InChI=1S/C56H56N6O9S2/c1-32(35-10-14-37(15-11-35)50-33(2)57-31-72-50)59-54(69)45-27-42(65)30-62(45)55(70)52(56(3,4)5)60-47(66)7-6-26-71-43-23-8-34(9-24-43)29-58-61-53(68)39-16-12-36(13-17-39)49(67)48-44-25-22-41(64)28-46(44)73-51(48)38-18-20-40(63)21-19-38/h8-25,28-29,31-32,42,45,52,63-65H,6-7,26-27,30H2,1-5H3,(H,59,69)(H,60,66)(H,61,68). The maximum Gasteiger partial charge on any atom is 0.271 e. The molecule has 73 heavy (non-hydrogen) atoms. The van der Waals surface area contributed by atoms with Gasteiger partial charge in [0, 0.05) is 51.0 Å². The summed E-state index contributed by atoms with van der Waals surface area (Å²) < 4.78 is 6.61. The highest BCUT2D eigenvalue weighted by atomic mass is 32.1. The van der Waals surface area contributed by atoms with E-state index in [1.807, 2.05) is 64.4 Å². The van der Waals surface area contributed by atoms with Crippen LogP contribution in [0, 0.1) is 12.3 Å². The zero-order valence-electron chi connectivity index (χ0n) is 40.9. The van der Waals surface area contributed by atoms with Gasteiger partial charge >= 0.3 is 0 Å². The highest BCUT2D eigenvalue weighted by molar-refractivity contribution is 7.22. The number of β-amino-alcohol motifs (C(OH)–C–C–N with tert-alkyl or cyclic N) is 1. The number of carbonyl (C=O) groups excluding carboxylic acids is 5. The summed E-state index contributed by atoms with van der Waals surface area (Å²) in [6.07, 6.45) is 1.10. The van der Waals surface area contributed by atoms with E-state index in [9.17, 15) is 39.3 Å². The van der Waals surface area contributed by atoms with E-state index in [0.29, 0.717) is 39.1 Å². The molecule has 17 heteroatoms. The molecule has 8 rings (SSSR count). The molecule has 4 amide bonds. The fourth-order valence-electron chi connectivity index (χ4n) is 8.60. The maximum absolute atomic E-state index is 14.1. The first-order valence-corrected chi connectivity index (χ1v) is 25.5. The van der Waals surface area contributed by atoms with Crippen LogP contribution in [0.3, 0.4) is 0 Å². The van der Waals surface area contributed by atoms with E-state index in [-0.39, 0.29) is 66.7 Å². The minimum atomic E-state index is -0.958. The Morgan fingerprint density at radius 3 is 2.18 bits per heavy atom. The summed E-state index contributed by atoms with van der Waals surface area (Å²) in [5.41, 5.74) is 9.02. The van der Waals surface area contributed by atoms with E-state index in [4.69, 9.17) is 4.74 Å². The van der Waals surface area contributed by atoms with Gasteiger partial charge in [0.15, 0.2) is 5.78 Å². The highest BCUT2D eigenvalue weighted by Gasteiger charge is 2.44. The summed E-state index contributed by atoms with van der Waals surface area (Å²) in [5, 5.41) is 41.3. The van der Waals surface area contributed by atoms with Crippen molar-refractivity contribution in [3.8, 4) is 38.1 Å². The van der Waals surface area contributed by atoms with Gasteiger partial charge in [-0.1, -0.05) is 57.2 Å². The molecule has 5 aromatic carbocycles. The molecule has 376 valence electrons. The summed E-state index contributed by atoms with van der Waals surface area (Å²) in [6, 6.07) is 30.3. The monoisotopic (exact) mass is 1020 g/mol. The van der Waals surface area contributed by atoms with Gasteiger partial charge in [-0.15, -0.1) is 22.7 Å². The number of rotatable bonds is 17. The number of ether oxygens (including phenoxy) is 1. The molecule has 15 nitrogen and oxygen atoms in total. The van der Waals surface area contributed by atoms with E-state index in [1.165, 1.54) is 28.5 Å². The number of hydrogen-bond donors (Lipinski definition) is 6. The minimum absolute atomic E-state index is 0.0290. The fraction of sp³-hybridized carbons (Fsp3) is 0.268. The molecule has 1 aliphatic heterocycles. The Bertz CT molecular complexity index is 3160. The van der Waals surface area contributed by atoms with Gasteiger partial charge in [-0.2, -0.15) is 5.10 Å². The molecule has 2 aromatic heterocycles. The van der Waals surface area contributed by atoms with Crippen molar-refractivity contribution < 1.29 is 44.0 Å². The highest BCUT2D eigenvalue weighted by Crippen LogP contribution is 2.41. The average Bonchev–Trinajstić information content (AvgIpc) is 4.10. The molecule has 6 N–H and O–H groups in total. The molecule has 4 atom stereocenters. The Morgan fingerprint density at radius 1 is 0.849 bits per heavy atom. The second-order valence-electron chi connectivity index (χ2n) is 19.0. The first kappa shape index (κ1) is 51.6. The Hall–Kier alpha value is -7.73. The van der Waals surface area contributed by atoms with Crippen LogP contribution in [0.25, 0.3) is 31.0 Å². The van der Waals surface area contributed by atoms with Gasteiger partial charge in [0.1, 0.15) is 29.3 Å². The van der Waals surface area contributed by atoms with Crippen LogP contribution >= 0.6 is 22.7 Å². The number of phenols is 2. The number of amides is 4. The number of phenolic OH excluding ortho intramolecular Hbond substituents is 2. The number of benzene rings is 5. The van der Waals surface area contributed by atoms with Crippen molar-refractivity contribution in [1.82, 2.24) is 25.9 Å². The molecule has 0 aliphatic carbocycles. The largest absolute Gasteiger partial charge is 0.508 e. The number of aromatic hydroxyl groups is 2. The zero-order chi connectivity index (χ0) is 52.0. The summed E-state index contributed by atoms with van der Waals surface area (Å²) in [7, 11) is 0. The lowest BCUT2D eigenvalue weighted by atomic mass is 9.85. The SMILES string of the molecule is Cc1ncsc1-c1ccc(C(C)NC(=O)C2CC(O)CN2C(=O)C(NC(=O)CCCOc2ccc(C=NNC(=O)c3ccc(C(=O)c4c(-c5ccc(O)cc5)sc5cc(O)ccc45)cc3)cc2)C(C)(C)C)cc1. The van der Waals surface area contributed by atoms with Crippen molar-refractivity contribution in [3.63, 3.8) is 0 Å². The van der Waals surface area contributed by atoms with Gasteiger partial charge < -0.3 is 35.6 Å². The fourth-order valence-corrected chi connectivity index (χ4v) is 10.6. The predicted octanol–water partition coefficient (Wildman–Crippen LogP) is 8.94. The number of aryl methyl sites for hydroxylation is 1. The third kappa shape index (κ3) is 12.3. The average molecular weight is 1020 g/mol. The molecule has 0 saturated carbocycles. The first-order valence-electron chi connectivity index (χ1n) is 23.8.